The van der Waals surface area contributed by atoms with Gasteiger partial charge >= 0.3 is 6.18 Å². The largest absolute Gasteiger partial charge is 0.418 e. The predicted molar refractivity (Wildman–Crippen MR) is 67.4 cm³/mol. The first-order valence-electron chi connectivity index (χ1n) is 5.97. The van der Waals surface area contributed by atoms with E-state index in [0.29, 0.717) is 19.4 Å². The first-order valence-corrected chi connectivity index (χ1v) is 5.97. The average molecular weight is 260 g/mol. The van der Waals surface area contributed by atoms with Crippen LogP contribution < -0.4 is 11.1 Å². The molecule has 1 aromatic rings. The maximum atomic E-state index is 12.8. The molecule has 5 heteroatoms. The van der Waals surface area contributed by atoms with Gasteiger partial charge in [-0.2, -0.15) is 13.2 Å². The second-order valence-electron chi connectivity index (χ2n) is 4.62. The third kappa shape index (κ3) is 3.63. The fourth-order valence-electron chi connectivity index (χ4n) is 1.81. The zero-order valence-corrected chi connectivity index (χ0v) is 10.6. The lowest BCUT2D eigenvalue weighted by molar-refractivity contribution is -0.137. The summed E-state index contributed by atoms with van der Waals surface area (Å²) < 4.78 is 38.5. The van der Waals surface area contributed by atoms with Crippen LogP contribution in [0.25, 0.3) is 0 Å². The number of nitrogens with one attached hydrogen (secondary N) is 1. The third-order valence-electron chi connectivity index (χ3n) is 3.15. The van der Waals surface area contributed by atoms with Crippen LogP contribution in [0.1, 0.15) is 32.3 Å². The summed E-state index contributed by atoms with van der Waals surface area (Å²) in [5.41, 5.74) is 4.56. The molecule has 1 unspecified atom stereocenters. The molecule has 1 aromatic carbocycles. The Morgan fingerprint density at radius 2 is 1.83 bits per heavy atom. The maximum Gasteiger partial charge on any atom is 0.418 e. The Kier molecular flexibility index (Phi) is 4.62. The van der Waals surface area contributed by atoms with Gasteiger partial charge in [0.05, 0.1) is 5.56 Å². The highest BCUT2D eigenvalue weighted by atomic mass is 19.4. The van der Waals surface area contributed by atoms with Crippen LogP contribution in [0.5, 0.6) is 0 Å². The molecule has 18 heavy (non-hydrogen) atoms. The van der Waals surface area contributed by atoms with Gasteiger partial charge in [-0.1, -0.05) is 19.1 Å². The number of halogens is 3. The molecule has 1 rings (SSSR count). The van der Waals surface area contributed by atoms with E-state index in [1.807, 2.05) is 13.8 Å². The normalized spacial score (nSPS) is 15.2. The molecule has 0 radical (unpaired) electrons. The molecule has 0 spiro atoms. The summed E-state index contributed by atoms with van der Waals surface area (Å²) >= 11 is 0. The van der Waals surface area contributed by atoms with Gasteiger partial charge in [-0.15, -0.1) is 0 Å². The average Bonchev–Trinajstić information content (AvgIpc) is 2.28. The molecule has 2 nitrogen and oxygen atoms in total. The molecular weight excluding hydrogens is 241 g/mol. The Labute approximate surface area is 105 Å². The Bertz CT molecular complexity index is 390. The zero-order valence-electron chi connectivity index (χ0n) is 10.6. The number of alkyl halides is 3. The Morgan fingerprint density at radius 1 is 1.22 bits per heavy atom. The number of nitrogens with two attached hydrogens (primary N) is 1. The minimum absolute atomic E-state index is 0.114. The number of rotatable bonds is 5. The molecule has 0 saturated heterocycles. The minimum atomic E-state index is -4.35. The molecule has 3 N–H and O–H groups in total. The molecule has 0 bridgehead atoms. The highest BCUT2D eigenvalue weighted by Gasteiger charge is 2.34. The smallest absolute Gasteiger partial charge is 0.379 e. The molecule has 102 valence electrons. The molecule has 0 fully saturated rings. The van der Waals surface area contributed by atoms with E-state index in [-0.39, 0.29) is 5.69 Å². The standard InChI is InChI=1S/C13H19F3N2/c1-3-12(2,8-9-17)18-11-7-5-4-6-10(11)13(14,15)16/h4-7,18H,3,8-9,17H2,1-2H3. The van der Waals surface area contributed by atoms with Crippen LogP contribution in [0.2, 0.25) is 0 Å². The van der Waals surface area contributed by atoms with Crippen molar-refractivity contribution in [3.63, 3.8) is 0 Å². The summed E-state index contributed by atoms with van der Waals surface area (Å²) in [6.07, 6.45) is -3.02. The molecule has 0 aliphatic carbocycles. The van der Waals surface area contributed by atoms with Gasteiger partial charge in [0.1, 0.15) is 0 Å². The Balaban J connectivity index is 3.04. The van der Waals surface area contributed by atoms with Crippen molar-refractivity contribution in [3.8, 4) is 0 Å². The molecule has 0 saturated carbocycles. The monoisotopic (exact) mass is 260 g/mol. The van der Waals surface area contributed by atoms with Crippen LogP contribution in [0.3, 0.4) is 0 Å². The quantitative estimate of drug-likeness (QED) is 0.848. The SMILES string of the molecule is CCC(C)(CCN)Nc1ccccc1C(F)(F)F. The molecule has 0 aliphatic heterocycles. The van der Waals surface area contributed by atoms with Crippen molar-refractivity contribution >= 4 is 5.69 Å². The first-order chi connectivity index (χ1) is 8.32. The summed E-state index contributed by atoms with van der Waals surface area (Å²) in [4.78, 5) is 0. The second kappa shape index (κ2) is 5.61. The van der Waals surface area contributed by atoms with Crippen LogP contribution in [0.15, 0.2) is 24.3 Å². The van der Waals surface area contributed by atoms with E-state index in [1.54, 1.807) is 6.07 Å². The van der Waals surface area contributed by atoms with Gasteiger partial charge in [-0.25, -0.2) is 0 Å². The van der Waals surface area contributed by atoms with Gasteiger partial charge in [-0.05, 0) is 38.4 Å². The highest BCUT2D eigenvalue weighted by Crippen LogP contribution is 2.36. The second-order valence-corrected chi connectivity index (χ2v) is 4.62. The van der Waals surface area contributed by atoms with Gasteiger partial charge in [-0.3, -0.25) is 0 Å². The molecule has 0 amide bonds. The number of hydrogen-bond acceptors (Lipinski definition) is 2. The lowest BCUT2D eigenvalue weighted by Gasteiger charge is -2.31. The predicted octanol–water partition coefficient (Wildman–Crippen LogP) is 3.63. The molecule has 1 atom stereocenters. The van der Waals surface area contributed by atoms with Crippen molar-refractivity contribution in [2.45, 2.75) is 38.4 Å². The van der Waals surface area contributed by atoms with E-state index in [0.717, 1.165) is 6.07 Å². The van der Waals surface area contributed by atoms with Gasteiger partial charge in [0.15, 0.2) is 0 Å². The van der Waals surface area contributed by atoms with E-state index >= 15 is 0 Å². The highest BCUT2D eigenvalue weighted by molar-refractivity contribution is 5.54. The van der Waals surface area contributed by atoms with Crippen LogP contribution in [-0.2, 0) is 6.18 Å². The number of anilines is 1. The Morgan fingerprint density at radius 3 is 2.33 bits per heavy atom. The Hall–Kier alpha value is -1.23. The van der Waals surface area contributed by atoms with Crippen molar-refractivity contribution < 1.29 is 13.2 Å². The third-order valence-corrected chi connectivity index (χ3v) is 3.15. The molecule has 0 aliphatic rings. The summed E-state index contributed by atoms with van der Waals surface area (Å²) in [5.74, 6) is 0. The van der Waals surface area contributed by atoms with E-state index in [2.05, 4.69) is 5.32 Å². The van der Waals surface area contributed by atoms with Crippen LogP contribution in [0.4, 0.5) is 18.9 Å². The van der Waals surface area contributed by atoms with Crippen LogP contribution in [0, 0.1) is 0 Å². The van der Waals surface area contributed by atoms with Crippen molar-refractivity contribution in [2.24, 2.45) is 5.73 Å². The first kappa shape index (κ1) is 14.8. The van der Waals surface area contributed by atoms with E-state index in [4.69, 9.17) is 5.73 Å². The number of benzene rings is 1. The lowest BCUT2D eigenvalue weighted by Crippen LogP contribution is -2.37. The summed E-state index contributed by atoms with van der Waals surface area (Å²) in [7, 11) is 0. The van der Waals surface area contributed by atoms with Gasteiger partial charge < -0.3 is 11.1 Å². The summed E-state index contributed by atoms with van der Waals surface area (Å²) in [5, 5.41) is 2.98. The van der Waals surface area contributed by atoms with Gasteiger partial charge in [0, 0.05) is 11.2 Å². The van der Waals surface area contributed by atoms with Gasteiger partial charge in [0.2, 0.25) is 0 Å². The van der Waals surface area contributed by atoms with Crippen molar-refractivity contribution in [1.82, 2.24) is 0 Å². The topological polar surface area (TPSA) is 38.0 Å². The van der Waals surface area contributed by atoms with Gasteiger partial charge in [0.25, 0.3) is 0 Å². The van der Waals surface area contributed by atoms with E-state index in [1.165, 1.54) is 12.1 Å². The molecular formula is C13H19F3N2. The summed E-state index contributed by atoms with van der Waals surface area (Å²) in [6.45, 7) is 4.25. The van der Waals surface area contributed by atoms with Crippen LogP contribution in [-0.4, -0.2) is 12.1 Å². The maximum absolute atomic E-state index is 12.8. The lowest BCUT2D eigenvalue weighted by atomic mass is 9.93. The minimum Gasteiger partial charge on any atom is -0.379 e. The number of hydrogen-bond donors (Lipinski definition) is 2. The summed E-state index contributed by atoms with van der Waals surface area (Å²) in [6, 6.07) is 5.52. The fourth-order valence-corrected chi connectivity index (χ4v) is 1.81. The van der Waals surface area contributed by atoms with Crippen molar-refractivity contribution in [3.05, 3.63) is 29.8 Å². The number of para-hydroxylation sites is 1. The van der Waals surface area contributed by atoms with E-state index < -0.39 is 17.3 Å². The zero-order chi connectivity index (χ0) is 13.8. The van der Waals surface area contributed by atoms with Crippen LogP contribution >= 0.6 is 0 Å². The fraction of sp³-hybridized carbons (Fsp3) is 0.538. The van der Waals surface area contributed by atoms with E-state index in [9.17, 15) is 13.2 Å². The molecule has 0 heterocycles. The van der Waals surface area contributed by atoms with Crippen molar-refractivity contribution in [1.29, 1.82) is 0 Å². The van der Waals surface area contributed by atoms with Crippen molar-refractivity contribution in [2.75, 3.05) is 11.9 Å². The molecule has 0 aromatic heterocycles.